The van der Waals surface area contributed by atoms with Gasteiger partial charge in [-0.2, -0.15) is 5.26 Å². The van der Waals surface area contributed by atoms with E-state index >= 15 is 0 Å². The maximum Gasteiger partial charge on any atom is 0.0991 e. The van der Waals surface area contributed by atoms with E-state index < -0.39 is 0 Å². The molecule has 23 heavy (non-hydrogen) atoms. The number of rotatable bonds is 3. The normalized spacial score (nSPS) is 18.4. The van der Waals surface area contributed by atoms with Crippen LogP contribution in [0, 0.1) is 17.2 Å². The van der Waals surface area contributed by atoms with Gasteiger partial charge < -0.3 is 4.57 Å². The smallest absolute Gasteiger partial charge is 0.0991 e. The lowest BCUT2D eigenvalue weighted by atomic mass is 9.85. The van der Waals surface area contributed by atoms with E-state index in [1.54, 1.807) is 0 Å². The SMILES string of the molecule is N#Cc1ccc(C(C2CCCCCCCC2)n2ccnc2)cc1. The van der Waals surface area contributed by atoms with E-state index in [-0.39, 0.29) is 0 Å². The first kappa shape index (κ1) is 15.8. The van der Waals surface area contributed by atoms with Crippen LogP contribution >= 0.6 is 0 Å². The number of aromatic nitrogens is 2. The maximum atomic E-state index is 9.03. The van der Waals surface area contributed by atoms with Crippen molar-refractivity contribution in [3.63, 3.8) is 0 Å². The van der Waals surface area contributed by atoms with Crippen LogP contribution in [0.4, 0.5) is 0 Å². The molecule has 1 saturated carbocycles. The third-order valence-electron chi connectivity index (χ3n) is 5.07. The van der Waals surface area contributed by atoms with Crippen LogP contribution < -0.4 is 0 Å². The largest absolute Gasteiger partial charge is 0.330 e. The van der Waals surface area contributed by atoms with Crippen LogP contribution in [0.3, 0.4) is 0 Å². The number of benzene rings is 1. The monoisotopic (exact) mass is 307 g/mol. The fourth-order valence-electron chi connectivity index (χ4n) is 3.86. The zero-order valence-corrected chi connectivity index (χ0v) is 13.7. The van der Waals surface area contributed by atoms with E-state index in [9.17, 15) is 0 Å². The molecule has 1 aromatic heterocycles. The first-order chi connectivity index (χ1) is 11.4. The lowest BCUT2D eigenvalue weighted by molar-refractivity contribution is 0.321. The Kier molecular flexibility index (Phi) is 5.47. The van der Waals surface area contributed by atoms with E-state index in [4.69, 9.17) is 5.26 Å². The molecule has 0 saturated heterocycles. The van der Waals surface area contributed by atoms with Crippen LogP contribution in [0.15, 0.2) is 43.0 Å². The van der Waals surface area contributed by atoms with Gasteiger partial charge in [0.25, 0.3) is 0 Å². The summed E-state index contributed by atoms with van der Waals surface area (Å²) in [5, 5.41) is 9.03. The molecule has 1 heterocycles. The van der Waals surface area contributed by atoms with Crippen molar-refractivity contribution < 1.29 is 0 Å². The fraction of sp³-hybridized carbons (Fsp3) is 0.500. The standard InChI is InChI=1S/C20H25N3/c21-15-17-9-11-19(12-10-17)20(23-14-13-22-16-23)18-7-5-3-1-2-4-6-8-18/h9-14,16,18,20H,1-8H2. The van der Waals surface area contributed by atoms with Crippen molar-refractivity contribution in [1.82, 2.24) is 9.55 Å². The molecule has 0 N–H and O–H groups in total. The Morgan fingerprint density at radius 3 is 2.22 bits per heavy atom. The summed E-state index contributed by atoms with van der Waals surface area (Å²) in [7, 11) is 0. The fourth-order valence-corrected chi connectivity index (χ4v) is 3.86. The van der Waals surface area contributed by atoms with Gasteiger partial charge in [0.2, 0.25) is 0 Å². The molecule has 1 atom stereocenters. The molecule has 3 rings (SSSR count). The molecule has 1 fully saturated rings. The summed E-state index contributed by atoms with van der Waals surface area (Å²) >= 11 is 0. The molecule has 0 spiro atoms. The van der Waals surface area contributed by atoms with Gasteiger partial charge in [0.05, 0.1) is 24.0 Å². The third kappa shape index (κ3) is 4.01. The Morgan fingerprint density at radius 2 is 1.65 bits per heavy atom. The van der Waals surface area contributed by atoms with Gasteiger partial charge in [0, 0.05) is 12.4 Å². The Hall–Kier alpha value is -2.08. The molecule has 120 valence electrons. The van der Waals surface area contributed by atoms with E-state index in [0.29, 0.717) is 12.0 Å². The summed E-state index contributed by atoms with van der Waals surface area (Å²) in [4.78, 5) is 4.27. The van der Waals surface area contributed by atoms with Gasteiger partial charge in [-0.1, -0.05) is 50.7 Å². The zero-order chi connectivity index (χ0) is 15.9. The Labute approximate surface area is 139 Å². The highest BCUT2D eigenvalue weighted by Gasteiger charge is 2.24. The number of nitrogens with zero attached hydrogens (tertiary/aromatic N) is 3. The summed E-state index contributed by atoms with van der Waals surface area (Å²) in [6.07, 6.45) is 16.6. The van der Waals surface area contributed by atoms with Crippen LogP contribution in [0.2, 0.25) is 0 Å². The van der Waals surface area contributed by atoms with Gasteiger partial charge in [0.1, 0.15) is 0 Å². The first-order valence-electron chi connectivity index (χ1n) is 8.86. The second kappa shape index (κ2) is 7.97. The number of hydrogen-bond donors (Lipinski definition) is 0. The van der Waals surface area contributed by atoms with E-state index in [1.807, 2.05) is 24.7 Å². The first-order valence-corrected chi connectivity index (χ1v) is 8.86. The summed E-state index contributed by atoms with van der Waals surface area (Å²) in [5.41, 5.74) is 2.03. The molecule has 0 amide bonds. The molecule has 2 aromatic rings. The molecule has 1 aromatic carbocycles. The predicted octanol–water partition coefficient (Wildman–Crippen LogP) is 5.09. The molecular weight excluding hydrogens is 282 g/mol. The highest BCUT2D eigenvalue weighted by atomic mass is 15.1. The van der Waals surface area contributed by atoms with Crippen molar-refractivity contribution in [2.45, 2.75) is 57.4 Å². The number of imidazole rings is 1. The van der Waals surface area contributed by atoms with Gasteiger partial charge in [-0.25, -0.2) is 4.98 Å². The minimum atomic E-state index is 0.336. The highest BCUT2D eigenvalue weighted by Crippen LogP contribution is 2.35. The van der Waals surface area contributed by atoms with Gasteiger partial charge >= 0.3 is 0 Å². The van der Waals surface area contributed by atoms with Crippen molar-refractivity contribution >= 4 is 0 Å². The molecule has 3 nitrogen and oxygen atoms in total. The van der Waals surface area contributed by atoms with Gasteiger partial charge in [-0.3, -0.25) is 0 Å². The Balaban J connectivity index is 1.89. The van der Waals surface area contributed by atoms with Crippen molar-refractivity contribution in [2.75, 3.05) is 0 Å². The van der Waals surface area contributed by atoms with Crippen molar-refractivity contribution in [3.05, 3.63) is 54.1 Å². The van der Waals surface area contributed by atoms with Crippen LogP contribution in [-0.4, -0.2) is 9.55 Å². The van der Waals surface area contributed by atoms with E-state index in [0.717, 1.165) is 5.56 Å². The quantitative estimate of drug-likeness (QED) is 0.792. The minimum Gasteiger partial charge on any atom is -0.330 e. The maximum absolute atomic E-state index is 9.03. The summed E-state index contributed by atoms with van der Waals surface area (Å²) < 4.78 is 2.25. The number of hydrogen-bond acceptors (Lipinski definition) is 2. The van der Waals surface area contributed by atoms with Crippen LogP contribution in [-0.2, 0) is 0 Å². The summed E-state index contributed by atoms with van der Waals surface area (Å²) in [6.45, 7) is 0. The molecule has 0 radical (unpaired) electrons. The second-order valence-electron chi connectivity index (χ2n) is 6.65. The summed E-state index contributed by atoms with van der Waals surface area (Å²) in [6, 6.07) is 10.7. The lowest BCUT2D eigenvalue weighted by Gasteiger charge is -2.29. The number of nitriles is 1. The lowest BCUT2D eigenvalue weighted by Crippen LogP contribution is -2.20. The Bertz CT molecular complexity index is 612. The molecule has 1 unspecified atom stereocenters. The highest BCUT2D eigenvalue weighted by molar-refractivity contribution is 5.33. The van der Waals surface area contributed by atoms with E-state index in [1.165, 1.54) is 56.9 Å². The van der Waals surface area contributed by atoms with Crippen molar-refractivity contribution in [2.24, 2.45) is 5.92 Å². The minimum absolute atomic E-state index is 0.336. The van der Waals surface area contributed by atoms with Gasteiger partial charge in [-0.05, 0) is 36.5 Å². The van der Waals surface area contributed by atoms with Gasteiger partial charge in [0.15, 0.2) is 0 Å². The van der Waals surface area contributed by atoms with Crippen molar-refractivity contribution in [3.8, 4) is 6.07 Å². The third-order valence-corrected chi connectivity index (χ3v) is 5.07. The molecular formula is C20H25N3. The zero-order valence-electron chi connectivity index (χ0n) is 13.7. The topological polar surface area (TPSA) is 41.6 Å². The molecule has 1 aliphatic carbocycles. The molecule has 3 heteroatoms. The average molecular weight is 307 g/mol. The second-order valence-corrected chi connectivity index (χ2v) is 6.65. The Morgan fingerprint density at radius 1 is 1.00 bits per heavy atom. The van der Waals surface area contributed by atoms with Crippen molar-refractivity contribution in [1.29, 1.82) is 5.26 Å². The molecule has 1 aliphatic rings. The van der Waals surface area contributed by atoms with Crippen LogP contribution in [0.1, 0.15) is 68.5 Å². The predicted molar refractivity (Wildman–Crippen MR) is 91.9 cm³/mol. The van der Waals surface area contributed by atoms with Crippen LogP contribution in [0.5, 0.6) is 0 Å². The van der Waals surface area contributed by atoms with Gasteiger partial charge in [-0.15, -0.1) is 0 Å². The molecule has 0 aliphatic heterocycles. The van der Waals surface area contributed by atoms with E-state index in [2.05, 4.69) is 33.9 Å². The molecule has 0 bridgehead atoms. The average Bonchev–Trinajstić information content (AvgIpc) is 3.14. The summed E-state index contributed by atoms with van der Waals surface area (Å²) in [5.74, 6) is 0.648. The van der Waals surface area contributed by atoms with Crippen LogP contribution in [0.25, 0.3) is 0 Å².